The van der Waals surface area contributed by atoms with Gasteiger partial charge in [0.05, 0.1) is 22.8 Å². The normalized spacial score (nSPS) is 11.1. The SMILES string of the molecule is Cc1onc(-c2c(F)cccc2Cl)c1C(=O)NCc1cn2ccccc2n1. The number of carbonyl (C=O) groups excluding carboxylic acids is 1. The number of fused-ring (bicyclic) bond motifs is 1. The molecule has 0 radical (unpaired) electrons. The van der Waals surface area contributed by atoms with Crippen molar-refractivity contribution in [3.63, 3.8) is 0 Å². The van der Waals surface area contributed by atoms with Gasteiger partial charge >= 0.3 is 0 Å². The van der Waals surface area contributed by atoms with Gasteiger partial charge in [-0.1, -0.05) is 28.9 Å². The molecule has 0 aliphatic rings. The van der Waals surface area contributed by atoms with Gasteiger partial charge in [0.15, 0.2) is 0 Å². The molecule has 8 heteroatoms. The van der Waals surface area contributed by atoms with E-state index in [0.717, 1.165) is 5.65 Å². The number of pyridine rings is 1. The number of nitrogens with zero attached hydrogens (tertiary/aromatic N) is 3. The maximum absolute atomic E-state index is 14.2. The second kappa shape index (κ2) is 6.85. The quantitative estimate of drug-likeness (QED) is 0.576. The van der Waals surface area contributed by atoms with E-state index in [-0.39, 0.29) is 34.1 Å². The Balaban J connectivity index is 1.62. The highest BCUT2D eigenvalue weighted by Gasteiger charge is 2.25. The van der Waals surface area contributed by atoms with Crippen molar-refractivity contribution in [2.75, 3.05) is 0 Å². The summed E-state index contributed by atoms with van der Waals surface area (Å²) in [6.07, 6.45) is 3.70. The summed E-state index contributed by atoms with van der Waals surface area (Å²) in [5.74, 6) is -0.748. The van der Waals surface area contributed by atoms with Crippen molar-refractivity contribution in [2.24, 2.45) is 0 Å². The number of aromatic nitrogens is 3. The molecule has 0 unspecified atom stereocenters. The first-order chi connectivity index (χ1) is 13.0. The molecule has 0 aliphatic heterocycles. The average molecular weight is 385 g/mol. The van der Waals surface area contributed by atoms with Crippen LogP contribution in [0.1, 0.15) is 21.8 Å². The van der Waals surface area contributed by atoms with Crippen molar-refractivity contribution in [1.29, 1.82) is 0 Å². The highest BCUT2D eigenvalue weighted by Crippen LogP contribution is 2.33. The highest BCUT2D eigenvalue weighted by atomic mass is 35.5. The van der Waals surface area contributed by atoms with E-state index in [1.54, 1.807) is 6.92 Å². The first-order valence-electron chi connectivity index (χ1n) is 8.16. The number of carbonyl (C=O) groups is 1. The third kappa shape index (κ3) is 3.17. The minimum atomic E-state index is -0.579. The molecule has 0 spiro atoms. The van der Waals surface area contributed by atoms with E-state index < -0.39 is 11.7 Å². The zero-order chi connectivity index (χ0) is 19.0. The van der Waals surface area contributed by atoms with E-state index in [1.165, 1.54) is 18.2 Å². The summed E-state index contributed by atoms with van der Waals surface area (Å²) in [6.45, 7) is 1.79. The predicted octanol–water partition coefficient (Wildman–Crippen LogP) is 4.02. The Morgan fingerprint density at radius 1 is 1.30 bits per heavy atom. The molecule has 0 atom stereocenters. The maximum atomic E-state index is 14.2. The zero-order valence-corrected chi connectivity index (χ0v) is 15.0. The lowest BCUT2D eigenvalue weighted by Crippen LogP contribution is -2.24. The molecule has 0 saturated carbocycles. The number of nitrogens with one attached hydrogen (secondary N) is 1. The summed E-state index contributed by atoms with van der Waals surface area (Å²) < 4.78 is 21.2. The van der Waals surface area contributed by atoms with Crippen molar-refractivity contribution >= 4 is 23.2 Å². The van der Waals surface area contributed by atoms with Gasteiger partial charge < -0.3 is 14.2 Å². The summed E-state index contributed by atoms with van der Waals surface area (Å²) >= 11 is 6.10. The first-order valence-corrected chi connectivity index (χ1v) is 8.54. The van der Waals surface area contributed by atoms with E-state index >= 15 is 0 Å². The fourth-order valence-electron chi connectivity index (χ4n) is 2.87. The van der Waals surface area contributed by atoms with Gasteiger partial charge in [-0.05, 0) is 31.2 Å². The molecule has 1 amide bonds. The highest BCUT2D eigenvalue weighted by molar-refractivity contribution is 6.33. The third-order valence-corrected chi connectivity index (χ3v) is 4.45. The van der Waals surface area contributed by atoms with E-state index in [1.807, 2.05) is 35.0 Å². The lowest BCUT2D eigenvalue weighted by molar-refractivity contribution is 0.0949. The van der Waals surface area contributed by atoms with Crippen LogP contribution < -0.4 is 5.32 Å². The molecule has 0 fully saturated rings. The standard InChI is InChI=1S/C19H14ClFN4O2/c1-11-16(18(24-27-11)17-13(20)5-4-6-14(17)21)19(26)22-9-12-10-25-8-3-2-7-15(25)23-12/h2-8,10H,9H2,1H3,(H,22,26). The lowest BCUT2D eigenvalue weighted by Gasteiger charge is -2.06. The molecule has 27 heavy (non-hydrogen) atoms. The minimum Gasteiger partial charge on any atom is -0.360 e. The topological polar surface area (TPSA) is 72.4 Å². The number of aryl methyl sites for hydroxylation is 1. The number of halogens is 2. The summed E-state index contributed by atoms with van der Waals surface area (Å²) in [6, 6.07) is 9.91. The van der Waals surface area contributed by atoms with Crippen LogP contribution in [-0.4, -0.2) is 20.4 Å². The Morgan fingerprint density at radius 3 is 2.93 bits per heavy atom. The molecule has 3 aromatic heterocycles. The first kappa shape index (κ1) is 17.2. The van der Waals surface area contributed by atoms with Gasteiger partial charge in [-0.25, -0.2) is 9.37 Å². The van der Waals surface area contributed by atoms with Gasteiger partial charge in [0.1, 0.15) is 28.5 Å². The van der Waals surface area contributed by atoms with Crippen LogP contribution in [-0.2, 0) is 6.54 Å². The van der Waals surface area contributed by atoms with Gasteiger partial charge in [0.2, 0.25) is 0 Å². The van der Waals surface area contributed by atoms with Crippen LogP contribution in [0.5, 0.6) is 0 Å². The van der Waals surface area contributed by atoms with Crippen LogP contribution in [0.2, 0.25) is 5.02 Å². The molecule has 0 bridgehead atoms. The number of amides is 1. The Bertz CT molecular complexity index is 1100. The summed E-state index contributed by atoms with van der Waals surface area (Å²) in [5, 5.41) is 6.76. The molecule has 0 saturated heterocycles. The van der Waals surface area contributed by atoms with E-state index in [9.17, 15) is 9.18 Å². The monoisotopic (exact) mass is 384 g/mol. The summed E-state index contributed by atoms with van der Waals surface area (Å²) in [7, 11) is 0. The Labute approximate surface area is 158 Å². The second-order valence-corrected chi connectivity index (χ2v) is 6.35. The van der Waals surface area contributed by atoms with Gasteiger partial charge in [-0.3, -0.25) is 4.79 Å². The molecule has 1 aromatic carbocycles. The van der Waals surface area contributed by atoms with Crippen molar-refractivity contribution in [2.45, 2.75) is 13.5 Å². The van der Waals surface area contributed by atoms with Crippen molar-refractivity contribution in [3.05, 3.63) is 76.6 Å². The van der Waals surface area contributed by atoms with E-state index in [0.29, 0.717) is 5.69 Å². The molecule has 1 N–H and O–H groups in total. The lowest BCUT2D eigenvalue weighted by atomic mass is 10.0. The number of hydrogen-bond donors (Lipinski definition) is 1. The van der Waals surface area contributed by atoms with Gasteiger partial charge in [0, 0.05) is 12.4 Å². The molecular weight excluding hydrogens is 371 g/mol. The number of rotatable bonds is 4. The Hall–Kier alpha value is -3.19. The molecule has 136 valence electrons. The van der Waals surface area contributed by atoms with Crippen LogP contribution in [0.15, 0.2) is 53.3 Å². The van der Waals surface area contributed by atoms with Crippen LogP contribution in [0.4, 0.5) is 4.39 Å². The molecule has 6 nitrogen and oxygen atoms in total. The zero-order valence-electron chi connectivity index (χ0n) is 14.2. The third-order valence-electron chi connectivity index (χ3n) is 4.13. The number of benzene rings is 1. The van der Waals surface area contributed by atoms with Gasteiger partial charge in [-0.15, -0.1) is 0 Å². The average Bonchev–Trinajstić information content (AvgIpc) is 3.23. The molecule has 4 rings (SSSR count). The van der Waals surface area contributed by atoms with Gasteiger partial charge in [-0.2, -0.15) is 0 Å². The molecule has 4 aromatic rings. The van der Waals surface area contributed by atoms with E-state index in [2.05, 4.69) is 15.5 Å². The van der Waals surface area contributed by atoms with Gasteiger partial charge in [0.25, 0.3) is 5.91 Å². The molecule has 0 aliphatic carbocycles. The summed E-state index contributed by atoms with van der Waals surface area (Å²) in [4.78, 5) is 17.1. The number of imidazole rings is 1. The van der Waals surface area contributed by atoms with Crippen molar-refractivity contribution in [3.8, 4) is 11.3 Å². The van der Waals surface area contributed by atoms with Crippen LogP contribution >= 0.6 is 11.6 Å². The minimum absolute atomic E-state index is 0.0360. The van der Waals surface area contributed by atoms with E-state index in [4.69, 9.17) is 16.1 Å². The number of hydrogen-bond acceptors (Lipinski definition) is 4. The summed E-state index contributed by atoms with van der Waals surface area (Å²) in [5.41, 5.74) is 1.72. The maximum Gasteiger partial charge on any atom is 0.257 e. The van der Waals surface area contributed by atoms with Crippen molar-refractivity contribution < 1.29 is 13.7 Å². The van der Waals surface area contributed by atoms with Crippen LogP contribution in [0.3, 0.4) is 0 Å². The fourth-order valence-corrected chi connectivity index (χ4v) is 3.12. The Kier molecular flexibility index (Phi) is 4.37. The molecule has 3 heterocycles. The van der Waals surface area contributed by atoms with Crippen LogP contribution in [0, 0.1) is 12.7 Å². The Morgan fingerprint density at radius 2 is 2.15 bits per heavy atom. The molecular formula is C19H14ClFN4O2. The largest absolute Gasteiger partial charge is 0.360 e. The second-order valence-electron chi connectivity index (χ2n) is 5.94. The van der Waals surface area contributed by atoms with Crippen molar-refractivity contribution in [1.82, 2.24) is 19.9 Å². The fraction of sp³-hybridized carbons (Fsp3) is 0.105. The predicted molar refractivity (Wildman–Crippen MR) is 98.0 cm³/mol. The van der Waals surface area contributed by atoms with Crippen LogP contribution in [0.25, 0.3) is 16.9 Å². The smallest absolute Gasteiger partial charge is 0.257 e.